The molecule has 0 atom stereocenters. The first-order chi connectivity index (χ1) is 8.03. The Morgan fingerprint density at radius 2 is 2.24 bits per heavy atom. The summed E-state index contributed by atoms with van der Waals surface area (Å²) >= 11 is 5.82. The SMILES string of the molecule is O=C(O)/C=C/C1(c2cc(Cl)ccc2F)COC1. The van der Waals surface area contributed by atoms with Gasteiger partial charge in [-0.1, -0.05) is 17.7 Å². The Hall–Kier alpha value is -1.39. The van der Waals surface area contributed by atoms with Crippen LogP contribution in [0.25, 0.3) is 0 Å². The quantitative estimate of drug-likeness (QED) is 0.845. The van der Waals surface area contributed by atoms with E-state index in [4.69, 9.17) is 21.4 Å². The lowest BCUT2D eigenvalue weighted by molar-refractivity contribution is -0.131. The van der Waals surface area contributed by atoms with Crippen molar-refractivity contribution in [3.05, 3.63) is 46.8 Å². The molecule has 1 aliphatic rings. The van der Waals surface area contributed by atoms with Gasteiger partial charge >= 0.3 is 5.97 Å². The fourth-order valence-electron chi connectivity index (χ4n) is 1.77. The molecule has 0 saturated carbocycles. The first-order valence-electron chi connectivity index (χ1n) is 4.99. The Balaban J connectivity index is 2.41. The summed E-state index contributed by atoms with van der Waals surface area (Å²) in [6.45, 7) is 0.516. The number of hydrogen-bond donors (Lipinski definition) is 1. The van der Waals surface area contributed by atoms with Crippen molar-refractivity contribution in [2.24, 2.45) is 0 Å². The van der Waals surface area contributed by atoms with Crippen molar-refractivity contribution < 1.29 is 19.0 Å². The fourth-order valence-corrected chi connectivity index (χ4v) is 1.95. The topological polar surface area (TPSA) is 46.5 Å². The van der Waals surface area contributed by atoms with Crippen LogP contribution in [0.2, 0.25) is 5.02 Å². The van der Waals surface area contributed by atoms with E-state index in [-0.39, 0.29) is 13.2 Å². The Morgan fingerprint density at radius 3 is 2.76 bits per heavy atom. The standard InChI is InChI=1S/C12H10ClFO3/c13-8-1-2-10(14)9(5-8)12(6-17-7-12)4-3-11(15)16/h1-5H,6-7H2,(H,15,16)/b4-3+. The number of carboxylic acids is 1. The third-order valence-corrected chi connectivity index (χ3v) is 2.96. The summed E-state index contributed by atoms with van der Waals surface area (Å²) < 4.78 is 18.8. The normalized spacial score (nSPS) is 18.0. The molecule has 1 aromatic carbocycles. The number of ether oxygens (including phenoxy) is 1. The molecule has 0 bridgehead atoms. The molecule has 1 aromatic rings. The van der Waals surface area contributed by atoms with E-state index < -0.39 is 17.2 Å². The summed E-state index contributed by atoms with van der Waals surface area (Å²) in [5.74, 6) is -1.48. The van der Waals surface area contributed by atoms with Gasteiger partial charge in [0.15, 0.2) is 0 Å². The monoisotopic (exact) mass is 256 g/mol. The molecule has 1 saturated heterocycles. The zero-order valence-electron chi connectivity index (χ0n) is 8.82. The number of carbonyl (C=O) groups is 1. The number of aliphatic carboxylic acids is 1. The van der Waals surface area contributed by atoms with Crippen LogP contribution < -0.4 is 0 Å². The van der Waals surface area contributed by atoms with Crippen LogP contribution in [0.3, 0.4) is 0 Å². The Morgan fingerprint density at radius 1 is 1.53 bits per heavy atom. The second-order valence-corrected chi connectivity index (χ2v) is 4.38. The molecule has 0 unspecified atom stereocenters. The van der Waals surface area contributed by atoms with Crippen LogP contribution in [0.4, 0.5) is 4.39 Å². The highest BCUT2D eigenvalue weighted by Gasteiger charge is 2.40. The van der Waals surface area contributed by atoms with Crippen LogP contribution in [0.15, 0.2) is 30.4 Å². The van der Waals surface area contributed by atoms with E-state index >= 15 is 0 Å². The maximum Gasteiger partial charge on any atom is 0.328 e. The van der Waals surface area contributed by atoms with Gasteiger partial charge in [0, 0.05) is 16.7 Å². The molecule has 0 spiro atoms. The van der Waals surface area contributed by atoms with Gasteiger partial charge in [-0.15, -0.1) is 0 Å². The van der Waals surface area contributed by atoms with Gasteiger partial charge in [0.25, 0.3) is 0 Å². The van der Waals surface area contributed by atoms with Crippen LogP contribution >= 0.6 is 11.6 Å². The molecule has 0 amide bonds. The summed E-state index contributed by atoms with van der Waals surface area (Å²) in [7, 11) is 0. The largest absolute Gasteiger partial charge is 0.478 e. The van der Waals surface area contributed by atoms with Crippen LogP contribution in [0, 0.1) is 5.82 Å². The molecule has 1 aliphatic heterocycles. The van der Waals surface area contributed by atoms with E-state index in [2.05, 4.69) is 0 Å². The van der Waals surface area contributed by atoms with Crippen molar-refractivity contribution in [3.63, 3.8) is 0 Å². The second kappa shape index (κ2) is 4.47. The Kier molecular flexibility index (Phi) is 3.17. The highest BCUT2D eigenvalue weighted by atomic mass is 35.5. The molecule has 90 valence electrons. The molecule has 0 aromatic heterocycles. The van der Waals surface area contributed by atoms with Gasteiger partial charge in [-0.05, 0) is 18.2 Å². The lowest BCUT2D eigenvalue weighted by Crippen LogP contribution is -2.45. The van der Waals surface area contributed by atoms with Crippen LogP contribution in [-0.4, -0.2) is 24.3 Å². The van der Waals surface area contributed by atoms with E-state index in [0.717, 1.165) is 6.08 Å². The first-order valence-corrected chi connectivity index (χ1v) is 5.37. The number of benzene rings is 1. The molecule has 5 heteroatoms. The molecule has 1 fully saturated rings. The molecule has 1 heterocycles. The van der Waals surface area contributed by atoms with Gasteiger partial charge in [-0.25, -0.2) is 9.18 Å². The van der Waals surface area contributed by atoms with Crippen molar-refractivity contribution in [1.82, 2.24) is 0 Å². The lowest BCUT2D eigenvalue weighted by Gasteiger charge is -2.39. The fraction of sp³-hybridized carbons (Fsp3) is 0.250. The molecular formula is C12H10ClFO3. The second-order valence-electron chi connectivity index (χ2n) is 3.94. The first kappa shape index (κ1) is 12.1. The van der Waals surface area contributed by atoms with E-state index in [9.17, 15) is 9.18 Å². The van der Waals surface area contributed by atoms with Gasteiger partial charge < -0.3 is 9.84 Å². The summed E-state index contributed by atoms with van der Waals surface area (Å²) in [5.41, 5.74) is -0.346. The molecule has 17 heavy (non-hydrogen) atoms. The van der Waals surface area contributed by atoms with E-state index in [1.807, 2.05) is 0 Å². The van der Waals surface area contributed by atoms with E-state index in [1.54, 1.807) is 0 Å². The van der Waals surface area contributed by atoms with Crippen molar-refractivity contribution in [2.45, 2.75) is 5.41 Å². The van der Waals surface area contributed by atoms with Crippen LogP contribution in [0.5, 0.6) is 0 Å². The van der Waals surface area contributed by atoms with Crippen LogP contribution in [-0.2, 0) is 14.9 Å². The minimum Gasteiger partial charge on any atom is -0.478 e. The average Bonchev–Trinajstić information content (AvgIpc) is 2.21. The summed E-state index contributed by atoms with van der Waals surface area (Å²) in [5, 5.41) is 9.03. The Bertz CT molecular complexity index is 481. The zero-order valence-corrected chi connectivity index (χ0v) is 9.58. The third-order valence-electron chi connectivity index (χ3n) is 2.73. The van der Waals surface area contributed by atoms with E-state index in [0.29, 0.717) is 10.6 Å². The van der Waals surface area contributed by atoms with Gasteiger partial charge in [-0.3, -0.25) is 0 Å². The van der Waals surface area contributed by atoms with Gasteiger partial charge in [0.05, 0.1) is 18.6 Å². The van der Waals surface area contributed by atoms with Crippen molar-refractivity contribution in [1.29, 1.82) is 0 Å². The number of hydrogen-bond acceptors (Lipinski definition) is 2. The smallest absolute Gasteiger partial charge is 0.328 e. The predicted molar refractivity (Wildman–Crippen MR) is 60.7 cm³/mol. The predicted octanol–water partition coefficient (Wildman–Crippen LogP) is 2.39. The molecule has 3 nitrogen and oxygen atoms in total. The lowest BCUT2D eigenvalue weighted by atomic mass is 9.78. The number of rotatable bonds is 3. The zero-order chi connectivity index (χ0) is 12.5. The van der Waals surface area contributed by atoms with Crippen molar-refractivity contribution >= 4 is 17.6 Å². The maximum atomic E-state index is 13.7. The summed E-state index contributed by atoms with van der Waals surface area (Å²) in [6.07, 6.45) is 2.45. The molecular weight excluding hydrogens is 247 g/mol. The third kappa shape index (κ3) is 2.33. The van der Waals surface area contributed by atoms with Gasteiger partial charge in [0.2, 0.25) is 0 Å². The maximum absolute atomic E-state index is 13.7. The highest BCUT2D eigenvalue weighted by molar-refractivity contribution is 6.30. The summed E-state index contributed by atoms with van der Waals surface area (Å²) in [4.78, 5) is 10.5. The molecule has 0 radical (unpaired) electrons. The molecule has 0 aliphatic carbocycles. The van der Waals surface area contributed by atoms with Crippen molar-refractivity contribution in [3.8, 4) is 0 Å². The van der Waals surface area contributed by atoms with Gasteiger partial charge in [-0.2, -0.15) is 0 Å². The average molecular weight is 257 g/mol. The molecule has 1 N–H and O–H groups in total. The Labute approximate surface area is 102 Å². The minimum atomic E-state index is -1.07. The van der Waals surface area contributed by atoms with Gasteiger partial charge in [0.1, 0.15) is 5.82 Å². The highest BCUT2D eigenvalue weighted by Crippen LogP contribution is 2.36. The minimum absolute atomic E-state index is 0.258. The van der Waals surface area contributed by atoms with Crippen molar-refractivity contribution in [2.75, 3.05) is 13.2 Å². The number of carboxylic acid groups (broad SMARTS) is 1. The van der Waals surface area contributed by atoms with Crippen LogP contribution in [0.1, 0.15) is 5.56 Å². The number of halogens is 2. The summed E-state index contributed by atoms with van der Waals surface area (Å²) in [6, 6.07) is 4.23. The molecule has 2 rings (SSSR count). The van der Waals surface area contributed by atoms with E-state index in [1.165, 1.54) is 24.3 Å².